The van der Waals surface area contributed by atoms with Gasteiger partial charge in [-0.3, -0.25) is 14.4 Å². The van der Waals surface area contributed by atoms with Gasteiger partial charge in [-0.1, -0.05) is 12.8 Å². The molecule has 196 valence electrons. The number of aliphatic hydroxyl groups is 5. The van der Waals surface area contributed by atoms with E-state index in [1.807, 2.05) is 0 Å². The first-order chi connectivity index (χ1) is 16.0. The number of hydrogen-bond donors (Lipinski definition) is 8. The fraction of sp³-hybridized carbons (Fsp3) is 0.857. The maximum atomic E-state index is 12.9. The molecule has 1 saturated heterocycles. The molecule has 2 amide bonds. The number of carboxylic acids is 1. The van der Waals surface area contributed by atoms with Crippen LogP contribution in [-0.4, -0.2) is 110 Å². The lowest BCUT2D eigenvalue weighted by atomic mass is 9.91. The lowest BCUT2D eigenvalue weighted by molar-refractivity contribution is -0.307. The molecular weight excluding hydrogens is 456 g/mol. The Labute approximate surface area is 197 Å². The number of ether oxygens (including phenoxy) is 2. The van der Waals surface area contributed by atoms with Crippen LogP contribution < -0.4 is 10.6 Å². The van der Waals surface area contributed by atoms with Crippen molar-refractivity contribution in [3.8, 4) is 0 Å². The Kier molecular flexibility index (Phi) is 11.1. The lowest BCUT2D eigenvalue weighted by Crippen LogP contribution is -2.61. The van der Waals surface area contributed by atoms with Gasteiger partial charge in [-0.2, -0.15) is 0 Å². The Morgan fingerprint density at radius 2 is 1.74 bits per heavy atom. The van der Waals surface area contributed by atoms with Gasteiger partial charge in [0.05, 0.1) is 24.9 Å². The van der Waals surface area contributed by atoms with E-state index in [1.54, 1.807) is 0 Å². The molecule has 8 N–H and O–H groups in total. The van der Waals surface area contributed by atoms with Gasteiger partial charge in [0.1, 0.15) is 30.5 Å². The predicted octanol–water partition coefficient (Wildman–Crippen LogP) is -2.65. The van der Waals surface area contributed by atoms with E-state index in [1.165, 1.54) is 6.92 Å². The molecule has 13 nitrogen and oxygen atoms in total. The molecule has 2 aliphatic rings. The van der Waals surface area contributed by atoms with E-state index in [4.69, 9.17) is 14.6 Å². The van der Waals surface area contributed by atoms with Crippen LogP contribution in [0.2, 0.25) is 0 Å². The van der Waals surface area contributed by atoms with Crippen LogP contribution in [0, 0.1) is 0 Å². The first kappa shape index (κ1) is 28.4. The van der Waals surface area contributed by atoms with Crippen LogP contribution in [0.25, 0.3) is 0 Å². The molecule has 0 aromatic heterocycles. The number of nitrogens with one attached hydrogen (secondary N) is 2. The summed E-state index contributed by atoms with van der Waals surface area (Å²) >= 11 is 0. The minimum absolute atomic E-state index is 0.0476. The monoisotopic (exact) mass is 492 g/mol. The molecule has 0 bridgehead atoms. The molecule has 0 spiro atoms. The third kappa shape index (κ3) is 7.83. The smallest absolute Gasteiger partial charge is 0.303 e. The second kappa shape index (κ2) is 13.3. The van der Waals surface area contributed by atoms with E-state index in [9.17, 15) is 39.9 Å². The summed E-state index contributed by atoms with van der Waals surface area (Å²) in [4.78, 5) is 35.6. The molecule has 1 aliphatic carbocycles. The van der Waals surface area contributed by atoms with Gasteiger partial charge < -0.3 is 50.7 Å². The first-order valence-electron chi connectivity index (χ1n) is 11.5. The van der Waals surface area contributed by atoms with Crippen molar-refractivity contribution in [2.24, 2.45) is 0 Å². The summed E-state index contributed by atoms with van der Waals surface area (Å²) in [5, 5.41) is 63.2. The standard InChI is InChI=1S/C21H36N2O11/c1-10-17(29)18(30)19(31)21(33-10)34-13-6-3-2-5-11(13)22-20(32)16(12(25)9-24)23-14(26)7-4-8-15(27)28/h10-13,16-19,21,24-25,29-31H,2-9H2,1H3,(H,22,32)(H,23,26)(H,27,28)/t10-,11+,12?,13+,16-,17+,18+,19-,21-/m0/s1. The van der Waals surface area contributed by atoms with Gasteiger partial charge in [0.25, 0.3) is 0 Å². The highest BCUT2D eigenvalue weighted by atomic mass is 16.7. The maximum Gasteiger partial charge on any atom is 0.303 e. The molecule has 0 aromatic carbocycles. The minimum atomic E-state index is -1.59. The largest absolute Gasteiger partial charge is 0.481 e. The summed E-state index contributed by atoms with van der Waals surface area (Å²) < 4.78 is 11.3. The zero-order valence-electron chi connectivity index (χ0n) is 19.1. The zero-order chi connectivity index (χ0) is 25.4. The van der Waals surface area contributed by atoms with Crippen LogP contribution in [0.15, 0.2) is 0 Å². The van der Waals surface area contributed by atoms with E-state index in [2.05, 4.69) is 10.6 Å². The van der Waals surface area contributed by atoms with Crippen molar-refractivity contribution < 1.29 is 54.5 Å². The molecule has 2 rings (SSSR count). The van der Waals surface area contributed by atoms with Crippen molar-refractivity contribution in [3.63, 3.8) is 0 Å². The molecule has 1 aliphatic heterocycles. The SMILES string of the molecule is C[C@@H]1O[C@@H](O[C@@H]2CCCC[C@H]2NC(=O)[C@@H](NC(=O)CCCC(=O)O)C(O)CO)[C@@H](O)[C@H](O)[C@@H]1O. The third-order valence-corrected chi connectivity index (χ3v) is 6.11. The number of hydrogen-bond acceptors (Lipinski definition) is 10. The molecule has 0 radical (unpaired) electrons. The molecule has 9 atom stereocenters. The molecule has 1 unspecified atom stereocenters. The van der Waals surface area contributed by atoms with Crippen LogP contribution in [0.1, 0.15) is 51.9 Å². The van der Waals surface area contributed by atoms with Crippen molar-refractivity contribution >= 4 is 17.8 Å². The number of rotatable bonds is 11. The Balaban J connectivity index is 2.01. The van der Waals surface area contributed by atoms with Crippen LogP contribution in [-0.2, 0) is 23.9 Å². The summed E-state index contributed by atoms with van der Waals surface area (Å²) in [5.41, 5.74) is 0. The summed E-state index contributed by atoms with van der Waals surface area (Å²) in [5.74, 6) is -2.47. The third-order valence-electron chi connectivity index (χ3n) is 6.11. The Morgan fingerprint density at radius 1 is 1.06 bits per heavy atom. The molecule has 1 heterocycles. The van der Waals surface area contributed by atoms with Gasteiger partial charge in [0.2, 0.25) is 11.8 Å². The number of aliphatic carboxylic acids is 1. The van der Waals surface area contributed by atoms with E-state index < -0.39 is 79.4 Å². The van der Waals surface area contributed by atoms with Crippen molar-refractivity contribution in [2.45, 2.75) is 107 Å². The highest BCUT2D eigenvalue weighted by Crippen LogP contribution is 2.28. The van der Waals surface area contributed by atoms with Gasteiger partial charge in [-0.25, -0.2) is 0 Å². The number of amides is 2. The fourth-order valence-electron chi connectivity index (χ4n) is 4.08. The van der Waals surface area contributed by atoms with E-state index in [0.29, 0.717) is 12.8 Å². The Hall–Kier alpha value is -1.87. The molecule has 2 fully saturated rings. The fourth-order valence-corrected chi connectivity index (χ4v) is 4.08. The van der Waals surface area contributed by atoms with Crippen molar-refractivity contribution in [1.29, 1.82) is 0 Å². The highest BCUT2D eigenvalue weighted by molar-refractivity contribution is 5.88. The van der Waals surface area contributed by atoms with Gasteiger partial charge in [0.15, 0.2) is 6.29 Å². The molecule has 34 heavy (non-hydrogen) atoms. The Morgan fingerprint density at radius 3 is 2.38 bits per heavy atom. The average molecular weight is 493 g/mol. The van der Waals surface area contributed by atoms with Crippen molar-refractivity contribution in [2.75, 3.05) is 6.61 Å². The molecule has 1 saturated carbocycles. The Bertz CT molecular complexity index is 694. The van der Waals surface area contributed by atoms with Gasteiger partial charge >= 0.3 is 5.97 Å². The molecule has 0 aromatic rings. The van der Waals surface area contributed by atoms with Crippen LogP contribution in [0.3, 0.4) is 0 Å². The molecular formula is C21H36N2O11. The normalized spacial score (nSPS) is 33.5. The van der Waals surface area contributed by atoms with Gasteiger partial charge in [0, 0.05) is 12.8 Å². The quantitative estimate of drug-likeness (QED) is 0.149. The van der Waals surface area contributed by atoms with Gasteiger partial charge in [-0.15, -0.1) is 0 Å². The average Bonchev–Trinajstić information content (AvgIpc) is 2.79. The second-order valence-corrected chi connectivity index (χ2v) is 8.80. The minimum Gasteiger partial charge on any atom is -0.481 e. The lowest BCUT2D eigenvalue weighted by Gasteiger charge is -2.42. The second-order valence-electron chi connectivity index (χ2n) is 8.80. The van der Waals surface area contributed by atoms with Crippen LogP contribution >= 0.6 is 0 Å². The summed E-state index contributed by atoms with van der Waals surface area (Å²) in [6.45, 7) is 0.731. The van der Waals surface area contributed by atoms with Crippen molar-refractivity contribution in [1.82, 2.24) is 10.6 Å². The topological polar surface area (TPSA) is 215 Å². The highest BCUT2D eigenvalue weighted by Gasteiger charge is 2.44. The van der Waals surface area contributed by atoms with E-state index >= 15 is 0 Å². The number of aliphatic hydroxyl groups excluding tert-OH is 5. The van der Waals surface area contributed by atoms with E-state index in [0.717, 1.165) is 12.8 Å². The number of carbonyl (C=O) groups excluding carboxylic acids is 2. The molecule has 13 heteroatoms. The van der Waals surface area contributed by atoms with Crippen LogP contribution in [0.4, 0.5) is 0 Å². The number of carboxylic acid groups (broad SMARTS) is 1. The summed E-state index contributed by atoms with van der Waals surface area (Å²) in [7, 11) is 0. The summed E-state index contributed by atoms with van der Waals surface area (Å²) in [6.07, 6.45) is -6.32. The van der Waals surface area contributed by atoms with Gasteiger partial charge in [-0.05, 0) is 26.2 Å². The summed E-state index contributed by atoms with van der Waals surface area (Å²) in [6, 6.07) is -2.05. The van der Waals surface area contributed by atoms with Crippen LogP contribution in [0.5, 0.6) is 0 Å². The predicted molar refractivity (Wildman–Crippen MR) is 114 cm³/mol. The maximum absolute atomic E-state index is 12.9. The number of carbonyl (C=O) groups is 3. The van der Waals surface area contributed by atoms with Crippen molar-refractivity contribution in [3.05, 3.63) is 0 Å². The zero-order valence-corrected chi connectivity index (χ0v) is 19.1. The first-order valence-corrected chi connectivity index (χ1v) is 11.5. The van der Waals surface area contributed by atoms with E-state index in [-0.39, 0.29) is 19.3 Å².